The van der Waals surface area contributed by atoms with Crippen LogP contribution in [0, 0.1) is 0 Å². The Kier molecular flexibility index (Phi) is 7.57. The summed E-state index contributed by atoms with van der Waals surface area (Å²) < 4.78 is 10.2. The maximum atomic E-state index is 7.19. The first-order valence-corrected chi connectivity index (χ1v) is 22.5. The van der Waals surface area contributed by atoms with E-state index in [1.54, 1.807) is 0 Å². The minimum absolute atomic E-state index is 0.133. The Morgan fingerprint density at radius 3 is 2.12 bits per heavy atom. The molecule has 0 bridgehead atoms. The average molecular weight is 837 g/mol. The quantitative estimate of drug-likeness (QED) is 0.174. The van der Waals surface area contributed by atoms with E-state index in [9.17, 15) is 0 Å². The van der Waals surface area contributed by atoms with Gasteiger partial charge in [0.15, 0.2) is 11.4 Å². The van der Waals surface area contributed by atoms with Crippen LogP contribution >= 0.6 is 0 Å². The molecule has 6 nitrogen and oxygen atoms in total. The molecule has 5 heterocycles. The third-order valence-electron chi connectivity index (χ3n) is 14.6. The zero-order chi connectivity index (χ0) is 42.9. The summed E-state index contributed by atoms with van der Waals surface area (Å²) in [6, 6.07) is 77.2. The first kappa shape index (κ1) is 36.5. The monoisotopic (exact) mass is 836 g/mol. The molecule has 4 atom stereocenters. The highest BCUT2D eigenvalue weighted by atomic mass is 16.5. The molecule has 308 valence electrons. The smallest absolute Gasteiger partial charge is 0.154 e. The number of para-hydroxylation sites is 5. The van der Waals surface area contributed by atoms with Crippen molar-refractivity contribution in [2.45, 2.75) is 17.7 Å². The molecule has 4 aliphatic heterocycles. The molecule has 14 rings (SSSR count). The Balaban J connectivity index is 0.987. The number of benzene rings is 9. The fraction of sp³-hybridized carbons (Fsp3) is 0.0678. The molecule has 0 fully saturated rings. The first-order chi connectivity index (χ1) is 32.1. The number of nitrogens with one attached hydrogen (secondary N) is 2. The highest BCUT2D eigenvalue weighted by molar-refractivity contribution is 6.12. The van der Waals surface area contributed by atoms with E-state index in [1.807, 2.05) is 6.07 Å². The number of ether oxygens (including phenoxy) is 1. The lowest BCUT2D eigenvalue weighted by Gasteiger charge is -2.45. The molecule has 0 amide bonds. The molecule has 0 aliphatic carbocycles. The van der Waals surface area contributed by atoms with Gasteiger partial charge in [-0.1, -0.05) is 158 Å². The Bertz CT molecular complexity index is 3630. The molecule has 9 aromatic carbocycles. The second kappa shape index (κ2) is 13.5. The largest absolute Gasteiger partial charge is 0.456 e. The predicted octanol–water partition coefficient (Wildman–Crippen LogP) is 13.5. The number of nitrogens with zero attached hydrogens (tertiary/aromatic N) is 3. The molecular formula is C59H42N5O+. The Labute approximate surface area is 376 Å². The normalized spacial score (nSPS) is 20.8. The fourth-order valence-corrected chi connectivity index (χ4v) is 11.7. The van der Waals surface area contributed by atoms with E-state index in [4.69, 9.17) is 9.73 Å². The summed E-state index contributed by atoms with van der Waals surface area (Å²) >= 11 is 0. The number of fused-ring (bicyclic) bond motifs is 14. The van der Waals surface area contributed by atoms with E-state index in [0.29, 0.717) is 4.48 Å². The van der Waals surface area contributed by atoms with Gasteiger partial charge in [-0.3, -0.25) is 5.32 Å². The summed E-state index contributed by atoms with van der Waals surface area (Å²) in [6.07, 6.45) is -0.431. The van der Waals surface area contributed by atoms with E-state index in [2.05, 4.69) is 229 Å². The van der Waals surface area contributed by atoms with Crippen LogP contribution in [0.3, 0.4) is 0 Å². The number of aliphatic imine (C=N–C) groups is 1. The van der Waals surface area contributed by atoms with Crippen molar-refractivity contribution in [3.63, 3.8) is 0 Å². The second-order valence-electron chi connectivity index (χ2n) is 17.8. The molecule has 1 spiro atoms. The van der Waals surface area contributed by atoms with Gasteiger partial charge in [-0.15, -0.1) is 0 Å². The van der Waals surface area contributed by atoms with Gasteiger partial charge in [0.1, 0.15) is 35.4 Å². The lowest BCUT2D eigenvalue weighted by Crippen LogP contribution is -2.45. The van der Waals surface area contributed by atoms with E-state index < -0.39 is 5.41 Å². The topological polar surface area (TPSA) is 50.6 Å². The number of aromatic nitrogens is 1. The number of hydrogen-bond donors (Lipinski definition) is 2. The fourth-order valence-electron chi connectivity index (χ4n) is 11.7. The number of hydrogen-bond acceptors (Lipinski definition) is 4. The molecule has 10 aromatic rings. The van der Waals surface area contributed by atoms with Gasteiger partial charge in [0.2, 0.25) is 0 Å². The minimum atomic E-state index is -0.662. The molecule has 4 unspecified atom stereocenters. The van der Waals surface area contributed by atoms with E-state index >= 15 is 0 Å². The Morgan fingerprint density at radius 1 is 0.538 bits per heavy atom. The van der Waals surface area contributed by atoms with Crippen LogP contribution < -0.4 is 19.9 Å². The molecular weight excluding hydrogens is 795 g/mol. The van der Waals surface area contributed by atoms with E-state index in [-0.39, 0.29) is 12.3 Å². The summed E-state index contributed by atoms with van der Waals surface area (Å²) in [5.41, 5.74) is 17.1. The molecule has 4 aliphatic rings. The molecule has 0 radical (unpaired) electrons. The van der Waals surface area contributed by atoms with Gasteiger partial charge in [0.25, 0.3) is 0 Å². The highest BCUT2D eigenvalue weighted by Crippen LogP contribution is 2.65. The van der Waals surface area contributed by atoms with Crippen molar-refractivity contribution in [1.82, 2.24) is 19.7 Å². The van der Waals surface area contributed by atoms with Gasteiger partial charge >= 0.3 is 0 Å². The molecule has 0 saturated carbocycles. The third kappa shape index (κ3) is 4.92. The molecule has 0 saturated heterocycles. The lowest BCUT2D eigenvalue weighted by molar-refractivity contribution is 0.408. The van der Waals surface area contributed by atoms with Crippen LogP contribution in [0.15, 0.2) is 217 Å². The van der Waals surface area contributed by atoms with Crippen LogP contribution in [0.1, 0.15) is 51.3 Å². The summed E-state index contributed by atoms with van der Waals surface area (Å²) in [7, 11) is 2.33. The Hall–Kier alpha value is -8.03. The SMILES string of the molecule is C[N+]1(c2cccc(C3N=C(c4ccccc4)NC(c4ccccc4)N3)c2)c2ccccc2-c2cc3c(cc21)Oc1ccccc1C31c2ccccc2-n2c3ccccc3c3cccc1c32. The van der Waals surface area contributed by atoms with Crippen molar-refractivity contribution in [3.8, 4) is 28.3 Å². The maximum Gasteiger partial charge on any atom is 0.154 e. The summed E-state index contributed by atoms with van der Waals surface area (Å²) in [5, 5.41) is 10.0. The van der Waals surface area contributed by atoms with Gasteiger partial charge in [0.05, 0.1) is 34.7 Å². The number of quaternary nitrogens is 1. The van der Waals surface area contributed by atoms with Crippen LogP contribution in [-0.4, -0.2) is 17.5 Å². The third-order valence-corrected chi connectivity index (χ3v) is 14.6. The maximum absolute atomic E-state index is 7.19. The van der Waals surface area contributed by atoms with E-state index in [0.717, 1.165) is 50.8 Å². The second-order valence-corrected chi connectivity index (χ2v) is 17.8. The molecule has 65 heavy (non-hydrogen) atoms. The Morgan fingerprint density at radius 2 is 1.23 bits per heavy atom. The predicted molar refractivity (Wildman–Crippen MR) is 263 cm³/mol. The van der Waals surface area contributed by atoms with Crippen LogP contribution in [0.5, 0.6) is 11.5 Å². The van der Waals surface area contributed by atoms with Crippen LogP contribution in [-0.2, 0) is 5.41 Å². The van der Waals surface area contributed by atoms with Crippen molar-refractivity contribution in [3.05, 3.63) is 251 Å². The average Bonchev–Trinajstić information content (AvgIpc) is 3.85. The van der Waals surface area contributed by atoms with Gasteiger partial charge in [-0.05, 0) is 58.7 Å². The van der Waals surface area contributed by atoms with Crippen LogP contribution in [0.2, 0.25) is 0 Å². The van der Waals surface area contributed by atoms with Crippen molar-refractivity contribution in [1.29, 1.82) is 0 Å². The van der Waals surface area contributed by atoms with Crippen molar-refractivity contribution in [2.75, 3.05) is 7.05 Å². The molecule has 1 aromatic heterocycles. The van der Waals surface area contributed by atoms with Crippen LogP contribution in [0.25, 0.3) is 38.6 Å². The summed E-state index contributed by atoms with van der Waals surface area (Å²) in [6.45, 7) is 0. The zero-order valence-corrected chi connectivity index (χ0v) is 35.6. The minimum Gasteiger partial charge on any atom is -0.456 e. The lowest BCUT2D eigenvalue weighted by atomic mass is 9.61. The standard InChI is InChI=1S/C59H42N5O/c1-64(40-23-16-22-39(34-40)58-61-56(37-18-4-2-5-19-37)60-57(62-58)38-20-6-3-7-21-38)51-32-14-9-25-42(51)44-35-48-54(36-52(44)64)65-53-33-15-11-28-46(53)59(48)45-27-10-13-31-50(45)63-49-30-12-8-24-41(49)43-26-17-29-47(59)55(43)63/h2-36,56,58,61H,1H3,(H,60,62)/q+1. The van der Waals surface area contributed by atoms with Crippen LogP contribution in [0.4, 0.5) is 17.1 Å². The summed E-state index contributed by atoms with van der Waals surface area (Å²) in [5.74, 6) is 2.61. The highest BCUT2D eigenvalue weighted by Gasteiger charge is 2.53. The van der Waals surface area contributed by atoms with Crippen molar-refractivity contribution in [2.24, 2.45) is 4.99 Å². The van der Waals surface area contributed by atoms with Crippen molar-refractivity contribution < 1.29 is 4.74 Å². The number of rotatable bonds is 4. The zero-order valence-electron chi connectivity index (χ0n) is 35.6. The van der Waals surface area contributed by atoms with Gasteiger partial charge < -0.3 is 14.6 Å². The van der Waals surface area contributed by atoms with Crippen molar-refractivity contribution >= 4 is 44.7 Å². The van der Waals surface area contributed by atoms with Gasteiger partial charge in [0, 0.05) is 51.2 Å². The molecule has 6 heteroatoms. The van der Waals surface area contributed by atoms with Gasteiger partial charge in [-0.2, -0.15) is 0 Å². The summed E-state index contributed by atoms with van der Waals surface area (Å²) in [4.78, 5) is 5.33. The number of amidine groups is 1. The van der Waals surface area contributed by atoms with E-state index in [1.165, 1.54) is 61.1 Å². The molecule has 2 N–H and O–H groups in total. The first-order valence-electron chi connectivity index (χ1n) is 22.5. The van der Waals surface area contributed by atoms with Gasteiger partial charge in [-0.25, -0.2) is 9.48 Å².